The number of fused-ring (bicyclic) bond motifs is 1. The molecule has 1 aromatic heterocycles. The molecule has 0 amide bonds. The van der Waals surface area contributed by atoms with Gasteiger partial charge in [0.25, 0.3) is 5.56 Å². The first kappa shape index (κ1) is 19.6. The number of aliphatic hydroxyl groups is 4. The molecule has 0 radical (unpaired) electrons. The zero-order chi connectivity index (χ0) is 20.5. The minimum atomic E-state index is -1.50. The van der Waals surface area contributed by atoms with Gasteiger partial charge in [-0.15, -0.1) is 0 Å². The number of pyridine rings is 1. The second-order valence-corrected chi connectivity index (χ2v) is 6.95. The van der Waals surface area contributed by atoms with Crippen molar-refractivity contribution in [3.8, 4) is 16.9 Å². The lowest BCUT2D eigenvalue weighted by Gasteiger charge is -2.39. The zero-order valence-corrected chi connectivity index (χ0v) is 15.3. The summed E-state index contributed by atoms with van der Waals surface area (Å²) < 4.78 is 10.9. The standard InChI is InChI=1S/C21H21NO7/c23-10-16-17(24)18(25)19(26)21(29-16)28-14-5-3-11(4-6-14)13-2-1-12-7-8-22-20(27)15(12)9-13/h1-9,16-19,21,23-26H,10H2,(H,22,27)/t16-,17-,18+,19+,21+/m1/s1. The van der Waals surface area contributed by atoms with Crippen LogP contribution in [-0.2, 0) is 4.74 Å². The van der Waals surface area contributed by atoms with Crippen molar-refractivity contribution < 1.29 is 29.9 Å². The lowest BCUT2D eigenvalue weighted by molar-refractivity contribution is -0.277. The molecule has 0 aliphatic carbocycles. The Balaban J connectivity index is 1.54. The van der Waals surface area contributed by atoms with E-state index in [0.717, 1.165) is 16.5 Å². The molecule has 8 heteroatoms. The highest BCUT2D eigenvalue weighted by atomic mass is 16.7. The summed E-state index contributed by atoms with van der Waals surface area (Å²) in [7, 11) is 0. The Morgan fingerprint density at radius 2 is 1.66 bits per heavy atom. The summed E-state index contributed by atoms with van der Waals surface area (Å²) in [6, 6.07) is 14.3. The fourth-order valence-electron chi connectivity index (χ4n) is 3.39. The fourth-order valence-corrected chi connectivity index (χ4v) is 3.39. The topological polar surface area (TPSA) is 132 Å². The van der Waals surface area contributed by atoms with Gasteiger partial charge in [0.05, 0.1) is 6.61 Å². The molecule has 4 rings (SSSR count). The van der Waals surface area contributed by atoms with Gasteiger partial charge in [-0.05, 0) is 40.8 Å². The van der Waals surface area contributed by atoms with Crippen LogP contribution in [0.4, 0.5) is 0 Å². The summed E-state index contributed by atoms with van der Waals surface area (Å²) in [5.74, 6) is 0.372. The third-order valence-corrected chi connectivity index (χ3v) is 5.06. The molecule has 152 valence electrons. The second kappa shape index (κ2) is 7.94. The van der Waals surface area contributed by atoms with E-state index in [-0.39, 0.29) is 5.56 Å². The van der Waals surface area contributed by atoms with Gasteiger partial charge in [-0.1, -0.05) is 24.3 Å². The van der Waals surface area contributed by atoms with E-state index < -0.39 is 37.3 Å². The van der Waals surface area contributed by atoms with Crippen molar-refractivity contribution in [1.29, 1.82) is 0 Å². The van der Waals surface area contributed by atoms with E-state index in [0.29, 0.717) is 11.1 Å². The molecule has 0 unspecified atom stereocenters. The molecule has 1 aliphatic heterocycles. The number of nitrogens with one attached hydrogen (secondary N) is 1. The highest BCUT2D eigenvalue weighted by Crippen LogP contribution is 2.28. The molecule has 1 aliphatic rings. The van der Waals surface area contributed by atoms with Gasteiger partial charge in [0.2, 0.25) is 6.29 Å². The fraction of sp³-hybridized carbons (Fsp3) is 0.286. The lowest BCUT2D eigenvalue weighted by Crippen LogP contribution is -2.60. The summed E-state index contributed by atoms with van der Waals surface area (Å²) in [4.78, 5) is 14.7. The normalized spacial score (nSPS) is 27.1. The smallest absolute Gasteiger partial charge is 0.255 e. The first-order chi connectivity index (χ1) is 14.0. The van der Waals surface area contributed by atoms with Crippen LogP contribution in [0.2, 0.25) is 0 Å². The molecule has 5 atom stereocenters. The largest absolute Gasteiger partial charge is 0.462 e. The number of hydrogen-bond donors (Lipinski definition) is 5. The summed E-state index contributed by atoms with van der Waals surface area (Å²) >= 11 is 0. The number of aliphatic hydroxyl groups excluding tert-OH is 4. The molecule has 2 aromatic carbocycles. The first-order valence-corrected chi connectivity index (χ1v) is 9.17. The SMILES string of the molecule is O=c1[nH]ccc2ccc(-c3ccc(O[C@H]4O[C@H](CO)[C@@H](O)[C@H](O)[C@@H]4O)cc3)cc12. The molecule has 1 saturated heterocycles. The Morgan fingerprint density at radius 1 is 0.931 bits per heavy atom. The molecule has 29 heavy (non-hydrogen) atoms. The minimum Gasteiger partial charge on any atom is -0.462 e. The average molecular weight is 399 g/mol. The maximum absolute atomic E-state index is 12.0. The lowest BCUT2D eigenvalue weighted by atomic mass is 9.99. The maximum Gasteiger partial charge on any atom is 0.255 e. The highest BCUT2D eigenvalue weighted by molar-refractivity contribution is 5.86. The Morgan fingerprint density at radius 3 is 2.38 bits per heavy atom. The molecule has 0 bridgehead atoms. The van der Waals surface area contributed by atoms with Gasteiger partial charge in [-0.25, -0.2) is 0 Å². The van der Waals surface area contributed by atoms with Gasteiger partial charge in [0, 0.05) is 11.6 Å². The second-order valence-electron chi connectivity index (χ2n) is 6.95. The van der Waals surface area contributed by atoms with Crippen LogP contribution in [0.25, 0.3) is 21.9 Å². The molecule has 2 heterocycles. The Hall–Kier alpha value is -2.75. The predicted octanol–water partition coefficient (Wildman–Crippen LogP) is 0.374. The molecular weight excluding hydrogens is 378 g/mol. The monoisotopic (exact) mass is 399 g/mol. The Kier molecular flexibility index (Phi) is 5.35. The summed E-state index contributed by atoms with van der Waals surface area (Å²) in [6.07, 6.45) is -5.08. The van der Waals surface area contributed by atoms with Gasteiger partial charge >= 0.3 is 0 Å². The molecule has 1 fully saturated rings. The number of rotatable bonds is 4. The third-order valence-electron chi connectivity index (χ3n) is 5.06. The molecule has 8 nitrogen and oxygen atoms in total. The van der Waals surface area contributed by atoms with Crippen LogP contribution in [0, 0.1) is 0 Å². The summed E-state index contributed by atoms with van der Waals surface area (Å²) in [6.45, 7) is -0.523. The van der Waals surface area contributed by atoms with Crippen molar-refractivity contribution in [2.24, 2.45) is 0 Å². The Bertz CT molecular complexity index is 1050. The van der Waals surface area contributed by atoms with Crippen LogP contribution >= 0.6 is 0 Å². The summed E-state index contributed by atoms with van der Waals surface area (Å²) in [5.41, 5.74) is 1.55. The average Bonchev–Trinajstić information content (AvgIpc) is 2.75. The van der Waals surface area contributed by atoms with Crippen molar-refractivity contribution >= 4 is 10.8 Å². The van der Waals surface area contributed by atoms with E-state index in [9.17, 15) is 25.2 Å². The number of aromatic nitrogens is 1. The van der Waals surface area contributed by atoms with E-state index in [1.165, 1.54) is 0 Å². The van der Waals surface area contributed by atoms with Crippen LogP contribution in [-0.4, -0.2) is 62.7 Å². The molecule has 0 spiro atoms. The van der Waals surface area contributed by atoms with Gasteiger partial charge in [-0.2, -0.15) is 0 Å². The van der Waals surface area contributed by atoms with Gasteiger partial charge in [0.15, 0.2) is 0 Å². The first-order valence-electron chi connectivity index (χ1n) is 9.17. The van der Waals surface area contributed by atoms with Crippen LogP contribution in [0.5, 0.6) is 5.75 Å². The molecule has 0 saturated carbocycles. The van der Waals surface area contributed by atoms with Gasteiger partial charge in [-0.3, -0.25) is 4.79 Å². The predicted molar refractivity (Wildman–Crippen MR) is 104 cm³/mol. The maximum atomic E-state index is 12.0. The number of H-pyrrole nitrogens is 1. The number of benzene rings is 2. The van der Waals surface area contributed by atoms with Gasteiger partial charge in [0.1, 0.15) is 30.2 Å². The van der Waals surface area contributed by atoms with E-state index >= 15 is 0 Å². The van der Waals surface area contributed by atoms with Crippen LogP contribution in [0.15, 0.2) is 59.5 Å². The molecule has 5 N–H and O–H groups in total. The quantitative estimate of drug-likeness (QED) is 0.428. The van der Waals surface area contributed by atoms with E-state index in [2.05, 4.69) is 4.98 Å². The van der Waals surface area contributed by atoms with Crippen molar-refractivity contribution in [2.45, 2.75) is 30.7 Å². The number of aromatic amines is 1. The van der Waals surface area contributed by atoms with E-state index in [1.807, 2.05) is 24.3 Å². The third kappa shape index (κ3) is 3.76. The number of ether oxygens (including phenoxy) is 2. The summed E-state index contributed by atoms with van der Waals surface area (Å²) in [5, 5.41) is 40.4. The van der Waals surface area contributed by atoms with E-state index in [1.54, 1.807) is 30.5 Å². The van der Waals surface area contributed by atoms with Crippen molar-refractivity contribution in [3.05, 3.63) is 65.1 Å². The van der Waals surface area contributed by atoms with Crippen LogP contribution in [0.3, 0.4) is 0 Å². The van der Waals surface area contributed by atoms with Crippen molar-refractivity contribution in [2.75, 3.05) is 6.61 Å². The van der Waals surface area contributed by atoms with E-state index in [4.69, 9.17) is 9.47 Å². The van der Waals surface area contributed by atoms with Gasteiger partial charge < -0.3 is 34.9 Å². The minimum absolute atomic E-state index is 0.160. The van der Waals surface area contributed by atoms with Crippen molar-refractivity contribution in [1.82, 2.24) is 4.98 Å². The zero-order valence-electron chi connectivity index (χ0n) is 15.3. The Labute approximate surface area is 165 Å². The van der Waals surface area contributed by atoms with Crippen molar-refractivity contribution in [3.63, 3.8) is 0 Å². The highest BCUT2D eigenvalue weighted by Gasteiger charge is 2.44. The van der Waals surface area contributed by atoms with Crippen LogP contribution < -0.4 is 10.3 Å². The number of hydrogen-bond acceptors (Lipinski definition) is 7. The molecule has 3 aromatic rings. The molecular formula is C21H21NO7. The van der Waals surface area contributed by atoms with Crippen LogP contribution in [0.1, 0.15) is 0 Å².